The predicted molar refractivity (Wildman–Crippen MR) is 89.2 cm³/mol. The van der Waals surface area contributed by atoms with Crippen LogP contribution in [0, 0.1) is 11.6 Å². The molecule has 2 aromatic rings. The fourth-order valence-corrected chi connectivity index (χ4v) is 3.06. The highest BCUT2D eigenvalue weighted by molar-refractivity contribution is 9.10. The Morgan fingerprint density at radius 1 is 1.16 bits per heavy atom. The van der Waals surface area contributed by atoms with Gasteiger partial charge in [-0.2, -0.15) is 0 Å². The molecule has 1 aliphatic heterocycles. The lowest BCUT2D eigenvalue weighted by Gasteiger charge is -2.32. The number of hydrogen-bond donors (Lipinski definition) is 1. The van der Waals surface area contributed by atoms with Gasteiger partial charge in [-0.1, -0.05) is 0 Å². The van der Waals surface area contributed by atoms with Gasteiger partial charge in [0.05, 0.1) is 5.56 Å². The molecule has 2 amide bonds. The lowest BCUT2D eigenvalue weighted by atomic mass is 10.0. The second-order valence-corrected chi connectivity index (χ2v) is 6.55. The normalized spacial score (nSPS) is 15.2. The number of piperidine rings is 1. The Kier molecular flexibility index (Phi) is 5.17. The van der Waals surface area contributed by atoms with Gasteiger partial charge in [-0.05, 0) is 53.0 Å². The summed E-state index contributed by atoms with van der Waals surface area (Å²) in [5.74, 6) is -2.18. The number of amides is 2. The van der Waals surface area contributed by atoms with Crippen LogP contribution in [-0.4, -0.2) is 35.8 Å². The fourth-order valence-electron chi connectivity index (χ4n) is 2.75. The number of carbonyl (C=O) groups is 2. The molecular weight excluding hydrogens is 398 g/mol. The number of rotatable bonds is 3. The van der Waals surface area contributed by atoms with Gasteiger partial charge in [0.15, 0.2) is 10.4 Å². The molecule has 1 aromatic carbocycles. The third kappa shape index (κ3) is 4.07. The van der Waals surface area contributed by atoms with Crippen LogP contribution in [-0.2, 0) is 0 Å². The van der Waals surface area contributed by atoms with Gasteiger partial charge in [0.25, 0.3) is 11.8 Å². The molecule has 1 N–H and O–H groups in total. The molecule has 0 radical (unpaired) electrons. The van der Waals surface area contributed by atoms with Crippen molar-refractivity contribution in [2.24, 2.45) is 0 Å². The maximum absolute atomic E-state index is 13.7. The molecule has 1 aromatic heterocycles. The first-order valence-corrected chi connectivity index (χ1v) is 8.54. The Morgan fingerprint density at radius 3 is 2.48 bits per heavy atom. The number of halogens is 3. The van der Waals surface area contributed by atoms with Crippen LogP contribution in [0.5, 0.6) is 0 Å². The number of carbonyl (C=O) groups excluding carboxylic acids is 2. The number of likely N-dealkylation sites (tertiary alicyclic amines) is 1. The van der Waals surface area contributed by atoms with Gasteiger partial charge < -0.3 is 14.6 Å². The van der Waals surface area contributed by atoms with Crippen molar-refractivity contribution in [2.75, 3.05) is 13.1 Å². The summed E-state index contributed by atoms with van der Waals surface area (Å²) in [5, 5.41) is 2.85. The van der Waals surface area contributed by atoms with Crippen molar-refractivity contribution in [3.63, 3.8) is 0 Å². The molecule has 2 heterocycles. The Hall–Kier alpha value is -2.22. The molecule has 3 rings (SSSR count). The minimum absolute atomic E-state index is 0.0986. The summed E-state index contributed by atoms with van der Waals surface area (Å²) in [6.07, 6.45) is 1.09. The van der Waals surface area contributed by atoms with Crippen LogP contribution < -0.4 is 5.32 Å². The fraction of sp³-hybridized carbons (Fsp3) is 0.294. The van der Waals surface area contributed by atoms with Gasteiger partial charge in [0.1, 0.15) is 11.6 Å². The van der Waals surface area contributed by atoms with Crippen molar-refractivity contribution in [3.05, 3.63) is 58.0 Å². The van der Waals surface area contributed by atoms with Crippen molar-refractivity contribution in [2.45, 2.75) is 18.9 Å². The smallest absolute Gasteiger partial charge is 0.287 e. The van der Waals surface area contributed by atoms with E-state index in [0.717, 1.165) is 12.1 Å². The van der Waals surface area contributed by atoms with Crippen LogP contribution in [0.15, 0.2) is 39.4 Å². The average Bonchev–Trinajstić information content (AvgIpc) is 3.02. The maximum Gasteiger partial charge on any atom is 0.287 e. The van der Waals surface area contributed by atoms with E-state index in [0.29, 0.717) is 36.7 Å². The van der Waals surface area contributed by atoms with Crippen LogP contribution in [0.3, 0.4) is 0 Å². The quantitative estimate of drug-likeness (QED) is 0.840. The Morgan fingerprint density at radius 2 is 1.88 bits per heavy atom. The van der Waals surface area contributed by atoms with Crippen LogP contribution in [0.4, 0.5) is 8.78 Å². The zero-order valence-electron chi connectivity index (χ0n) is 13.1. The molecule has 0 bridgehead atoms. The SMILES string of the molecule is O=C(NC1CCN(C(=O)c2ccc(F)cc2F)CC1)c1ccc(Br)o1. The Bertz CT molecular complexity index is 801. The summed E-state index contributed by atoms with van der Waals surface area (Å²) in [6.45, 7) is 0.755. The lowest BCUT2D eigenvalue weighted by molar-refractivity contribution is 0.0691. The molecule has 25 heavy (non-hydrogen) atoms. The standard InChI is InChI=1S/C17H15BrF2N2O3/c18-15-4-3-14(25-15)16(23)21-11-5-7-22(8-6-11)17(24)12-2-1-10(19)9-13(12)20/h1-4,9,11H,5-8H2,(H,21,23). The zero-order chi connectivity index (χ0) is 18.0. The first-order valence-electron chi connectivity index (χ1n) is 7.74. The highest BCUT2D eigenvalue weighted by Crippen LogP contribution is 2.18. The van der Waals surface area contributed by atoms with E-state index in [-0.39, 0.29) is 23.3 Å². The molecule has 1 aliphatic rings. The van der Waals surface area contributed by atoms with E-state index in [1.807, 2.05) is 0 Å². The summed E-state index contributed by atoms with van der Waals surface area (Å²) in [4.78, 5) is 25.9. The molecular formula is C17H15BrF2N2O3. The number of hydrogen-bond acceptors (Lipinski definition) is 3. The molecule has 1 saturated heterocycles. The van der Waals surface area contributed by atoms with E-state index >= 15 is 0 Å². The van der Waals surface area contributed by atoms with Crippen LogP contribution in [0.1, 0.15) is 33.8 Å². The molecule has 0 spiro atoms. The third-order valence-electron chi connectivity index (χ3n) is 4.08. The highest BCUT2D eigenvalue weighted by atomic mass is 79.9. The zero-order valence-corrected chi connectivity index (χ0v) is 14.7. The highest BCUT2D eigenvalue weighted by Gasteiger charge is 2.27. The largest absolute Gasteiger partial charge is 0.444 e. The first-order chi connectivity index (χ1) is 11.9. The van der Waals surface area contributed by atoms with E-state index in [1.54, 1.807) is 12.1 Å². The molecule has 0 atom stereocenters. The minimum Gasteiger partial charge on any atom is -0.444 e. The van der Waals surface area contributed by atoms with Crippen LogP contribution in [0.25, 0.3) is 0 Å². The van der Waals surface area contributed by atoms with Crippen molar-refractivity contribution in [1.82, 2.24) is 10.2 Å². The summed E-state index contributed by atoms with van der Waals surface area (Å²) < 4.78 is 32.4. The van der Waals surface area contributed by atoms with E-state index in [2.05, 4.69) is 21.2 Å². The summed E-state index contributed by atoms with van der Waals surface area (Å²) in [7, 11) is 0. The third-order valence-corrected chi connectivity index (χ3v) is 4.50. The van der Waals surface area contributed by atoms with Crippen LogP contribution in [0.2, 0.25) is 0 Å². The minimum atomic E-state index is -0.871. The van der Waals surface area contributed by atoms with Crippen molar-refractivity contribution < 1.29 is 22.8 Å². The van der Waals surface area contributed by atoms with Crippen LogP contribution >= 0.6 is 15.9 Å². The number of nitrogens with zero attached hydrogens (tertiary/aromatic N) is 1. The summed E-state index contributed by atoms with van der Waals surface area (Å²) in [6, 6.07) is 6.00. The van der Waals surface area contributed by atoms with Gasteiger partial charge in [-0.3, -0.25) is 9.59 Å². The monoisotopic (exact) mass is 412 g/mol. The Balaban J connectivity index is 1.56. The van der Waals surface area contributed by atoms with Gasteiger partial charge in [0, 0.05) is 25.2 Å². The van der Waals surface area contributed by atoms with Gasteiger partial charge in [0.2, 0.25) is 0 Å². The summed E-state index contributed by atoms with van der Waals surface area (Å²) in [5.41, 5.74) is -0.149. The molecule has 0 unspecified atom stereocenters. The van der Waals surface area contributed by atoms with E-state index < -0.39 is 17.5 Å². The number of benzene rings is 1. The topological polar surface area (TPSA) is 62.6 Å². The predicted octanol–water partition coefficient (Wildman–Crippen LogP) is 3.35. The van der Waals surface area contributed by atoms with Crippen molar-refractivity contribution >= 4 is 27.7 Å². The maximum atomic E-state index is 13.7. The van der Waals surface area contributed by atoms with E-state index in [1.165, 1.54) is 4.90 Å². The molecule has 0 aliphatic carbocycles. The lowest BCUT2D eigenvalue weighted by Crippen LogP contribution is -2.46. The van der Waals surface area contributed by atoms with Crippen molar-refractivity contribution in [3.8, 4) is 0 Å². The molecule has 8 heteroatoms. The average molecular weight is 413 g/mol. The first kappa shape index (κ1) is 17.6. The van der Waals surface area contributed by atoms with E-state index in [4.69, 9.17) is 4.42 Å². The molecule has 0 saturated carbocycles. The second-order valence-electron chi connectivity index (χ2n) is 5.77. The molecule has 1 fully saturated rings. The van der Waals surface area contributed by atoms with Gasteiger partial charge in [-0.25, -0.2) is 8.78 Å². The van der Waals surface area contributed by atoms with E-state index in [9.17, 15) is 18.4 Å². The second kappa shape index (κ2) is 7.35. The molecule has 5 nitrogen and oxygen atoms in total. The van der Waals surface area contributed by atoms with Crippen molar-refractivity contribution in [1.29, 1.82) is 0 Å². The van der Waals surface area contributed by atoms with Gasteiger partial charge in [-0.15, -0.1) is 0 Å². The summed E-state index contributed by atoms with van der Waals surface area (Å²) >= 11 is 3.14. The number of nitrogens with one attached hydrogen (secondary N) is 1. The molecule has 132 valence electrons. The van der Waals surface area contributed by atoms with Gasteiger partial charge >= 0.3 is 0 Å². The number of furan rings is 1. The Labute approximate surface area is 151 Å².